The number of rotatable bonds is 8. The molecule has 2 amide bonds. The van der Waals surface area contributed by atoms with Gasteiger partial charge in [-0.15, -0.1) is 0 Å². The molecule has 0 radical (unpaired) electrons. The predicted molar refractivity (Wildman–Crippen MR) is 92.2 cm³/mol. The van der Waals surface area contributed by atoms with Crippen molar-refractivity contribution >= 4 is 11.8 Å². The minimum absolute atomic E-state index is 0.0681. The zero-order chi connectivity index (χ0) is 17.2. The molecule has 0 aliphatic rings. The minimum Gasteiger partial charge on any atom is -0.388 e. The SMILES string of the molecule is O=C(CNC(=O)CC(O)c1ccccc1)NCCc1ccccc1. The van der Waals surface area contributed by atoms with E-state index in [-0.39, 0.29) is 24.8 Å². The van der Waals surface area contributed by atoms with Crippen LogP contribution in [-0.2, 0) is 16.0 Å². The second-order valence-corrected chi connectivity index (χ2v) is 5.49. The number of hydrogen-bond donors (Lipinski definition) is 3. The highest BCUT2D eigenvalue weighted by molar-refractivity contribution is 5.84. The molecule has 5 heteroatoms. The number of amides is 2. The Morgan fingerprint density at radius 2 is 1.50 bits per heavy atom. The van der Waals surface area contributed by atoms with Crippen molar-refractivity contribution in [1.82, 2.24) is 10.6 Å². The number of nitrogens with one attached hydrogen (secondary N) is 2. The third kappa shape index (κ3) is 6.22. The Bertz CT molecular complexity index is 644. The number of carbonyl (C=O) groups excluding carboxylic acids is 2. The second-order valence-electron chi connectivity index (χ2n) is 5.49. The van der Waals surface area contributed by atoms with Crippen molar-refractivity contribution in [2.45, 2.75) is 18.9 Å². The first-order valence-electron chi connectivity index (χ1n) is 7.95. The maximum atomic E-state index is 11.8. The van der Waals surface area contributed by atoms with Gasteiger partial charge in [0, 0.05) is 6.54 Å². The largest absolute Gasteiger partial charge is 0.388 e. The third-order valence-corrected chi connectivity index (χ3v) is 3.59. The van der Waals surface area contributed by atoms with Gasteiger partial charge < -0.3 is 15.7 Å². The molecule has 0 bridgehead atoms. The lowest BCUT2D eigenvalue weighted by molar-refractivity contribution is -0.127. The van der Waals surface area contributed by atoms with Crippen LogP contribution in [0.15, 0.2) is 60.7 Å². The van der Waals surface area contributed by atoms with Crippen LogP contribution in [0.25, 0.3) is 0 Å². The highest BCUT2D eigenvalue weighted by Crippen LogP contribution is 2.15. The van der Waals surface area contributed by atoms with Crippen molar-refractivity contribution in [3.05, 3.63) is 71.8 Å². The highest BCUT2D eigenvalue weighted by Gasteiger charge is 2.13. The molecule has 2 aromatic rings. The van der Waals surface area contributed by atoms with Gasteiger partial charge in [-0.25, -0.2) is 0 Å². The highest BCUT2D eigenvalue weighted by atomic mass is 16.3. The Hall–Kier alpha value is -2.66. The maximum Gasteiger partial charge on any atom is 0.239 e. The molecule has 2 rings (SSSR count). The molecular weight excluding hydrogens is 304 g/mol. The monoisotopic (exact) mass is 326 g/mol. The standard InChI is InChI=1S/C19H22N2O3/c22-17(16-9-5-2-6-10-16)13-18(23)21-14-19(24)20-12-11-15-7-3-1-4-8-15/h1-10,17,22H,11-14H2,(H,20,24)(H,21,23). The van der Waals surface area contributed by atoms with E-state index in [0.29, 0.717) is 12.1 Å². The lowest BCUT2D eigenvalue weighted by Crippen LogP contribution is -2.38. The summed E-state index contributed by atoms with van der Waals surface area (Å²) in [5.74, 6) is -0.599. The Balaban J connectivity index is 1.63. The molecule has 126 valence electrons. The van der Waals surface area contributed by atoms with Crippen LogP contribution in [-0.4, -0.2) is 30.0 Å². The Kier molecular flexibility index (Phi) is 6.98. The molecule has 0 fully saturated rings. The lowest BCUT2D eigenvalue weighted by atomic mass is 10.1. The van der Waals surface area contributed by atoms with E-state index in [0.717, 1.165) is 12.0 Å². The van der Waals surface area contributed by atoms with Crippen LogP contribution in [0.5, 0.6) is 0 Å². The van der Waals surface area contributed by atoms with Crippen molar-refractivity contribution in [2.75, 3.05) is 13.1 Å². The summed E-state index contributed by atoms with van der Waals surface area (Å²) in [6, 6.07) is 18.8. The molecule has 0 saturated carbocycles. The molecular formula is C19H22N2O3. The fourth-order valence-electron chi connectivity index (χ4n) is 2.27. The average molecular weight is 326 g/mol. The molecule has 1 atom stereocenters. The molecule has 0 aliphatic carbocycles. The van der Waals surface area contributed by atoms with Crippen LogP contribution in [0.1, 0.15) is 23.7 Å². The van der Waals surface area contributed by atoms with Crippen LogP contribution in [0.3, 0.4) is 0 Å². The number of hydrogen-bond acceptors (Lipinski definition) is 3. The molecule has 2 aromatic carbocycles. The van der Waals surface area contributed by atoms with E-state index in [4.69, 9.17) is 0 Å². The molecule has 3 N–H and O–H groups in total. The molecule has 0 saturated heterocycles. The summed E-state index contributed by atoms with van der Waals surface area (Å²) in [5.41, 5.74) is 1.83. The summed E-state index contributed by atoms with van der Waals surface area (Å²) < 4.78 is 0. The van der Waals surface area contributed by atoms with Gasteiger partial charge >= 0.3 is 0 Å². The van der Waals surface area contributed by atoms with Crippen molar-refractivity contribution in [3.63, 3.8) is 0 Å². The third-order valence-electron chi connectivity index (χ3n) is 3.59. The van der Waals surface area contributed by atoms with Gasteiger partial charge in [0.2, 0.25) is 11.8 Å². The van der Waals surface area contributed by atoms with Crippen molar-refractivity contribution < 1.29 is 14.7 Å². The molecule has 0 aliphatic heterocycles. The van der Waals surface area contributed by atoms with Gasteiger partial charge in [0.15, 0.2) is 0 Å². The minimum atomic E-state index is -0.868. The molecule has 0 aromatic heterocycles. The van der Waals surface area contributed by atoms with E-state index in [9.17, 15) is 14.7 Å². The predicted octanol–water partition coefficient (Wildman–Crippen LogP) is 1.59. The Morgan fingerprint density at radius 1 is 0.875 bits per heavy atom. The first kappa shape index (κ1) is 17.7. The van der Waals surface area contributed by atoms with Crippen LogP contribution in [0.2, 0.25) is 0 Å². The summed E-state index contributed by atoms with van der Waals surface area (Å²) in [6.07, 6.45) is -0.193. The first-order valence-corrected chi connectivity index (χ1v) is 7.95. The summed E-state index contributed by atoms with van der Waals surface area (Å²) in [7, 11) is 0. The number of carbonyl (C=O) groups is 2. The molecule has 1 unspecified atom stereocenters. The van der Waals surface area contributed by atoms with Gasteiger partial charge in [0.1, 0.15) is 0 Å². The summed E-state index contributed by atoms with van der Waals surface area (Å²) in [4.78, 5) is 23.5. The maximum absolute atomic E-state index is 11.8. The van der Waals surface area contributed by atoms with E-state index in [2.05, 4.69) is 10.6 Å². The van der Waals surface area contributed by atoms with Gasteiger partial charge in [-0.2, -0.15) is 0 Å². The van der Waals surface area contributed by atoms with Gasteiger partial charge in [-0.05, 0) is 17.5 Å². The smallest absolute Gasteiger partial charge is 0.239 e. The molecule has 0 spiro atoms. The molecule has 0 heterocycles. The van der Waals surface area contributed by atoms with E-state index < -0.39 is 6.10 Å². The quantitative estimate of drug-likeness (QED) is 0.689. The second kappa shape index (κ2) is 9.47. The summed E-state index contributed by atoms with van der Waals surface area (Å²) >= 11 is 0. The van der Waals surface area contributed by atoms with Crippen LogP contribution < -0.4 is 10.6 Å². The Morgan fingerprint density at radius 3 is 2.17 bits per heavy atom. The zero-order valence-electron chi connectivity index (χ0n) is 13.4. The Labute approximate surface area is 141 Å². The van der Waals surface area contributed by atoms with Gasteiger partial charge in [-0.3, -0.25) is 9.59 Å². The van der Waals surface area contributed by atoms with Gasteiger partial charge in [-0.1, -0.05) is 60.7 Å². The van der Waals surface area contributed by atoms with E-state index >= 15 is 0 Å². The van der Waals surface area contributed by atoms with Crippen molar-refractivity contribution in [2.24, 2.45) is 0 Å². The topological polar surface area (TPSA) is 78.4 Å². The number of aliphatic hydroxyl groups is 1. The fraction of sp³-hybridized carbons (Fsp3) is 0.263. The summed E-state index contributed by atoms with van der Waals surface area (Å²) in [6.45, 7) is 0.431. The molecule has 5 nitrogen and oxygen atoms in total. The van der Waals surface area contributed by atoms with E-state index in [1.165, 1.54) is 0 Å². The van der Waals surface area contributed by atoms with Crippen LogP contribution >= 0.6 is 0 Å². The zero-order valence-corrected chi connectivity index (χ0v) is 13.4. The summed E-state index contributed by atoms with van der Waals surface area (Å²) in [5, 5.41) is 15.2. The number of benzene rings is 2. The van der Waals surface area contributed by atoms with E-state index in [1.807, 2.05) is 36.4 Å². The van der Waals surface area contributed by atoms with E-state index in [1.54, 1.807) is 24.3 Å². The van der Waals surface area contributed by atoms with Gasteiger partial charge in [0.25, 0.3) is 0 Å². The van der Waals surface area contributed by atoms with Crippen molar-refractivity contribution in [3.8, 4) is 0 Å². The van der Waals surface area contributed by atoms with Crippen LogP contribution in [0.4, 0.5) is 0 Å². The lowest BCUT2D eigenvalue weighted by Gasteiger charge is -2.11. The normalized spacial score (nSPS) is 11.5. The first-order chi connectivity index (χ1) is 11.6. The molecule has 24 heavy (non-hydrogen) atoms. The average Bonchev–Trinajstić information content (AvgIpc) is 2.61. The fourth-order valence-corrected chi connectivity index (χ4v) is 2.27. The number of aliphatic hydroxyl groups excluding tert-OH is 1. The van der Waals surface area contributed by atoms with Gasteiger partial charge in [0.05, 0.1) is 19.1 Å². The van der Waals surface area contributed by atoms with Crippen LogP contribution in [0, 0.1) is 0 Å². The van der Waals surface area contributed by atoms with Crippen molar-refractivity contribution in [1.29, 1.82) is 0 Å².